The third-order valence-corrected chi connectivity index (χ3v) is 5.33. The van der Waals surface area contributed by atoms with Crippen LogP contribution in [-0.4, -0.2) is 19.3 Å². The van der Waals surface area contributed by atoms with Gasteiger partial charge in [-0.3, -0.25) is 14.5 Å². The second-order valence-corrected chi connectivity index (χ2v) is 7.81. The van der Waals surface area contributed by atoms with Gasteiger partial charge in [0.05, 0.1) is 15.6 Å². The quantitative estimate of drug-likeness (QED) is 0.593. The van der Waals surface area contributed by atoms with Crippen LogP contribution >= 0.6 is 11.6 Å². The fourth-order valence-electron chi connectivity index (χ4n) is 2.32. The second kappa shape index (κ2) is 8.69. The van der Waals surface area contributed by atoms with E-state index in [0.717, 1.165) is 5.56 Å². The standard InChI is InChI=1S/C20H16ClN3O3S/c21-18-8-1-2-9-19(18)24-28(26,27)17-7-3-6-16(13-17)23-20(25)11-10-15-5-4-12-22-14-15/h1-14,24H,(H,23,25)/b11-10+. The van der Waals surface area contributed by atoms with Crippen molar-refractivity contribution < 1.29 is 13.2 Å². The van der Waals surface area contributed by atoms with Crippen LogP contribution in [0, 0.1) is 0 Å². The number of hydrogen-bond acceptors (Lipinski definition) is 4. The van der Waals surface area contributed by atoms with Crippen LogP contribution in [0.5, 0.6) is 0 Å². The minimum absolute atomic E-state index is 0.00135. The molecule has 0 unspecified atom stereocenters. The van der Waals surface area contributed by atoms with Gasteiger partial charge in [0.1, 0.15) is 0 Å². The summed E-state index contributed by atoms with van der Waals surface area (Å²) in [4.78, 5) is 16.0. The van der Waals surface area contributed by atoms with Crippen molar-refractivity contribution in [3.63, 3.8) is 0 Å². The second-order valence-electron chi connectivity index (χ2n) is 5.72. The molecule has 0 radical (unpaired) electrons. The minimum atomic E-state index is -3.86. The van der Waals surface area contributed by atoms with Crippen molar-refractivity contribution in [3.8, 4) is 0 Å². The number of aromatic nitrogens is 1. The molecule has 0 saturated heterocycles. The lowest BCUT2D eigenvalue weighted by Crippen LogP contribution is -2.14. The molecule has 0 bridgehead atoms. The third kappa shape index (κ3) is 5.18. The number of nitrogens with zero attached hydrogens (tertiary/aromatic N) is 1. The van der Waals surface area contributed by atoms with E-state index in [2.05, 4.69) is 15.0 Å². The Hall–Kier alpha value is -3.16. The first-order valence-corrected chi connectivity index (χ1v) is 10.1. The summed E-state index contributed by atoms with van der Waals surface area (Å²) in [6.07, 6.45) is 6.22. The Kier molecular flexibility index (Phi) is 6.08. The number of para-hydroxylation sites is 1. The summed E-state index contributed by atoms with van der Waals surface area (Å²) in [7, 11) is -3.86. The average molecular weight is 414 g/mol. The summed E-state index contributed by atoms with van der Waals surface area (Å²) in [6.45, 7) is 0. The number of sulfonamides is 1. The summed E-state index contributed by atoms with van der Waals surface area (Å²) in [5.74, 6) is -0.391. The molecule has 0 atom stereocenters. The fourth-order valence-corrected chi connectivity index (χ4v) is 3.68. The van der Waals surface area contributed by atoms with Gasteiger partial charge in [0.25, 0.3) is 10.0 Å². The number of amides is 1. The van der Waals surface area contributed by atoms with Gasteiger partial charge in [-0.1, -0.05) is 35.9 Å². The number of benzene rings is 2. The van der Waals surface area contributed by atoms with E-state index in [1.165, 1.54) is 18.2 Å². The first kappa shape index (κ1) is 19.6. The van der Waals surface area contributed by atoms with Crippen LogP contribution < -0.4 is 10.0 Å². The van der Waals surface area contributed by atoms with Crippen LogP contribution in [0.4, 0.5) is 11.4 Å². The molecule has 2 aromatic carbocycles. The van der Waals surface area contributed by atoms with Gasteiger partial charge in [-0.05, 0) is 48.0 Å². The number of halogens is 1. The monoisotopic (exact) mass is 413 g/mol. The Morgan fingerprint density at radius 3 is 2.61 bits per heavy atom. The van der Waals surface area contributed by atoms with Gasteiger partial charge >= 0.3 is 0 Å². The van der Waals surface area contributed by atoms with E-state index < -0.39 is 15.9 Å². The van der Waals surface area contributed by atoms with Crippen molar-refractivity contribution in [1.82, 2.24) is 4.98 Å². The van der Waals surface area contributed by atoms with Crippen molar-refractivity contribution in [3.05, 3.63) is 89.7 Å². The summed E-state index contributed by atoms with van der Waals surface area (Å²) in [5.41, 5.74) is 1.40. The number of pyridine rings is 1. The number of carbonyl (C=O) groups excluding carboxylic acids is 1. The molecule has 8 heteroatoms. The molecule has 142 valence electrons. The summed E-state index contributed by atoms with van der Waals surface area (Å²) >= 11 is 6.01. The topological polar surface area (TPSA) is 88.2 Å². The maximum atomic E-state index is 12.6. The maximum absolute atomic E-state index is 12.6. The van der Waals surface area contributed by atoms with E-state index >= 15 is 0 Å². The number of nitrogens with one attached hydrogen (secondary N) is 2. The molecule has 3 aromatic rings. The zero-order valence-corrected chi connectivity index (χ0v) is 16.1. The number of anilines is 2. The zero-order chi connectivity index (χ0) is 20.0. The van der Waals surface area contributed by atoms with Crippen molar-refractivity contribution in [2.24, 2.45) is 0 Å². The van der Waals surface area contributed by atoms with Crippen LogP contribution in [0.2, 0.25) is 5.02 Å². The molecule has 0 spiro atoms. The van der Waals surface area contributed by atoms with Gasteiger partial charge in [-0.15, -0.1) is 0 Å². The van der Waals surface area contributed by atoms with E-state index in [9.17, 15) is 13.2 Å². The molecular formula is C20H16ClN3O3S. The summed E-state index contributed by atoms with van der Waals surface area (Å²) in [5, 5.41) is 2.92. The molecule has 2 N–H and O–H groups in total. The highest BCUT2D eigenvalue weighted by Gasteiger charge is 2.16. The van der Waals surface area contributed by atoms with Gasteiger partial charge in [-0.25, -0.2) is 8.42 Å². The average Bonchev–Trinajstić information content (AvgIpc) is 2.69. The lowest BCUT2D eigenvalue weighted by Gasteiger charge is -2.10. The first-order chi connectivity index (χ1) is 13.4. The van der Waals surface area contributed by atoms with E-state index in [0.29, 0.717) is 5.69 Å². The Bertz CT molecular complexity index is 1120. The predicted octanol–water partition coefficient (Wildman–Crippen LogP) is 4.19. The molecule has 3 rings (SSSR count). The molecular weight excluding hydrogens is 398 g/mol. The van der Waals surface area contributed by atoms with Crippen LogP contribution in [0.15, 0.2) is 84.0 Å². The molecule has 0 fully saturated rings. The van der Waals surface area contributed by atoms with Crippen LogP contribution in [0.3, 0.4) is 0 Å². The highest BCUT2D eigenvalue weighted by atomic mass is 35.5. The van der Waals surface area contributed by atoms with Gasteiger partial charge in [-0.2, -0.15) is 0 Å². The Labute approximate surface area is 167 Å². The summed E-state index contributed by atoms with van der Waals surface area (Å²) in [6, 6.07) is 16.0. The van der Waals surface area contributed by atoms with Crippen molar-refractivity contribution in [1.29, 1.82) is 0 Å². The predicted molar refractivity (Wildman–Crippen MR) is 111 cm³/mol. The van der Waals surface area contributed by atoms with Crippen molar-refractivity contribution in [2.75, 3.05) is 10.0 Å². The van der Waals surface area contributed by atoms with E-state index in [-0.39, 0.29) is 15.6 Å². The normalized spacial score (nSPS) is 11.3. The highest BCUT2D eigenvalue weighted by molar-refractivity contribution is 7.92. The van der Waals surface area contributed by atoms with E-state index in [1.54, 1.807) is 60.9 Å². The Morgan fingerprint density at radius 2 is 1.86 bits per heavy atom. The molecule has 0 saturated carbocycles. The number of carbonyl (C=O) groups is 1. The van der Waals surface area contributed by atoms with Crippen LogP contribution in [-0.2, 0) is 14.8 Å². The third-order valence-electron chi connectivity index (χ3n) is 3.64. The SMILES string of the molecule is O=C(/C=C/c1cccnc1)Nc1cccc(S(=O)(=O)Nc2ccccc2Cl)c1. The highest BCUT2D eigenvalue weighted by Crippen LogP contribution is 2.25. The van der Waals surface area contributed by atoms with Crippen molar-refractivity contribution in [2.45, 2.75) is 4.90 Å². The molecule has 28 heavy (non-hydrogen) atoms. The largest absolute Gasteiger partial charge is 0.322 e. The summed E-state index contributed by atoms with van der Waals surface area (Å²) < 4.78 is 27.6. The molecule has 1 amide bonds. The molecule has 0 aliphatic heterocycles. The van der Waals surface area contributed by atoms with Crippen LogP contribution in [0.25, 0.3) is 6.08 Å². The van der Waals surface area contributed by atoms with E-state index in [4.69, 9.17) is 11.6 Å². The maximum Gasteiger partial charge on any atom is 0.262 e. The Balaban J connectivity index is 1.73. The molecule has 1 aromatic heterocycles. The van der Waals surface area contributed by atoms with Gasteiger partial charge in [0, 0.05) is 24.2 Å². The lowest BCUT2D eigenvalue weighted by molar-refractivity contribution is -0.111. The zero-order valence-electron chi connectivity index (χ0n) is 14.5. The molecule has 0 aliphatic carbocycles. The van der Waals surface area contributed by atoms with Crippen LogP contribution in [0.1, 0.15) is 5.56 Å². The lowest BCUT2D eigenvalue weighted by atomic mass is 10.2. The Morgan fingerprint density at radius 1 is 1.04 bits per heavy atom. The fraction of sp³-hybridized carbons (Fsp3) is 0. The van der Waals surface area contributed by atoms with E-state index in [1.807, 2.05) is 6.07 Å². The molecule has 1 heterocycles. The minimum Gasteiger partial charge on any atom is -0.322 e. The van der Waals surface area contributed by atoms with Gasteiger partial charge < -0.3 is 5.32 Å². The number of hydrogen-bond donors (Lipinski definition) is 2. The first-order valence-electron chi connectivity index (χ1n) is 8.20. The smallest absolute Gasteiger partial charge is 0.262 e. The van der Waals surface area contributed by atoms with Crippen molar-refractivity contribution >= 4 is 45.0 Å². The number of rotatable bonds is 6. The molecule has 6 nitrogen and oxygen atoms in total. The van der Waals surface area contributed by atoms with Gasteiger partial charge in [0.2, 0.25) is 5.91 Å². The van der Waals surface area contributed by atoms with Gasteiger partial charge in [0.15, 0.2) is 0 Å². The molecule has 0 aliphatic rings.